The molecular formula is C8H11N3O2. The Bertz CT molecular complexity index is 373. The van der Waals surface area contributed by atoms with Crippen molar-refractivity contribution in [2.75, 3.05) is 13.2 Å². The highest BCUT2D eigenvalue weighted by atomic mass is 16.5. The van der Waals surface area contributed by atoms with E-state index in [0.717, 1.165) is 0 Å². The summed E-state index contributed by atoms with van der Waals surface area (Å²) >= 11 is 0. The molecule has 70 valence electrons. The van der Waals surface area contributed by atoms with Gasteiger partial charge in [0.1, 0.15) is 6.33 Å². The molecule has 0 unspecified atom stereocenters. The fourth-order valence-corrected chi connectivity index (χ4v) is 1.21. The molecule has 0 spiro atoms. The maximum Gasteiger partial charge on any atom is 0.350 e. The highest BCUT2D eigenvalue weighted by Gasteiger charge is 2.22. The topological polar surface area (TPSA) is 49.0 Å². The molecule has 0 amide bonds. The summed E-state index contributed by atoms with van der Waals surface area (Å²) in [4.78, 5) is 11.5. The second-order valence-corrected chi connectivity index (χ2v) is 2.94. The first-order valence-electron chi connectivity index (χ1n) is 4.19. The van der Waals surface area contributed by atoms with Crippen LogP contribution in [-0.2, 0) is 4.74 Å². The highest BCUT2D eigenvalue weighted by Crippen LogP contribution is 2.13. The van der Waals surface area contributed by atoms with Crippen molar-refractivity contribution in [2.45, 2.75) is 13.0 Å². The zero-order valence-electron chi connectivity index (χ0n) is 7.38. The molecule has 5 heteroatoms. The normalized spacial score (nSPS) is 17.9. The van der Waals surface area contributed by atoms with Crippen molar-refractivity contribution < 1.29 is 4.74 Å². The Morgan fingerprint density at radius 3 is 3.00 bits per heavy atom. The molecule has 5 nitrogen and oxygen atoms in total. The molecule has 0 N–H and O–H groups in total. The molecule has 0 bridgehead atoms. The third kappa shape index (κ3) is 1.31. The molecule has 2 rings (SSSR count). The van der Waals surface area contributed by atoms with Crippen molar-refractivity contribution in [3.05, 3.63) is 22.9 Å². The van der Waals surface area contributed by atoms with E-state index in [4.69, 9.17) is 4.74 Å². The summed E-state index contributed by atoms with van der Waals surface area (Å²) in [5.74, 6) is 0. The molecule has 0 aromatic carbocycles. The first kappa shape index (κ1) is 8.25. The predicted molar refractivity (Wildman–Crippen MR) is 47.3 cm³/mol. The van der Waals surface area contributed by atoms with E-state index in [2.05, 4.69) is 5.10 Å². The number of rotatable bonds is 2. The lowest BCUT2D eigenvalue weighted by atomic mass is 10.3. The lowest BCUT2D eigenvalue weighted by Gasteiger charge is -2.25. The van der Waals surface area contributed by atoms with E-state index in [1.807, 2.05) is 6.92 Å². The molecule has 1 saturated heterocycles. The standard InChI is InChI=1S/C8H11N3O2/c1-2-3-11-8(12)10(6-9-11)7-4-13-5-7/h2-3,6-7H,4-5H2,1H3/b3-2-. The molecule has 2 heterocycles. The maximum absolute atomic E-state index is 11.5. The van der Waals surface area contributed by atoms with Crippen LogP contribution in [-0.4, -0.2) is 27.6 Å². The van der Waals surface area contributed by atoms with Crippen LogP contribution in [0.1, 0.15) is 13.0 Å². The van der Waals surface area contributed by atoms with Crippen LogP contribution < -0.4 is 5.69 Å². The van der Waals surface area contributed by atoms with E-state index in [1.54, 1.807) is 23.2 Å². The summed E-state index contributed by atoms with van der Waals surface area (Å²) in [7, 11) is 0. The number of hydrogen-bond acceptors (Lipinski definition) is 3. The van der Waals surface area contributed by atoms with Gasteiger partial charge in [0.15, 0.2) is 0 Å². The van der Waals surface area contributed by atoms with Crippen molar-refractivity contribution in [1.29, 1.82) is 0 Å². The summed E-state index contributed by atoms with van der Waals surface area (Å²) < 4.78 is 7.92. The van der Waals surface area contributed by atoms with E-state index in [1.165, 1.54) is 4.68 Å². The van der Waals surface area contributed by atoms with Crippen molar-refractivity contribution in [3.63, 3.8) is 0 Å². The summed E-state index contributed by atoms with van der Waals surface area (Å²) in [6, 6.07) is 0.173. The SMILES string of the molecule is C/C=C\n1ncn(C2COC2)c1=O. The van der Waals surface area contributed by atoms with E-state index in [9.17, 15) is 4.79 Å². The third-order valence-electron chi connectivity index (χ3n) is 2.02. The van der Waals surface area contributed by atoms with E-state index < -0.39 is 0 Å². The minimum absolute atomic E-state index is 0.105. The zero-order chi connectivity index (χ0) is 9.26. The van der Waals surface area contributed by atoms with E-state index in [0.29, 0.717) is 13.2 Å². The number of nitrogens with zero attached hydrogens (tertiary/aromatic N) is 3. The van der Waals surface area contributed by atoms with Crippen LogP contribution in [0.4, 0.5) is 0 Å². The summed E-state index contributed by atoms with van der Waals surface area (Å²) in [6.07, 6.45) is 4.96. The van der Waals surface area contributed by atoms with Gasteiger partial charge in [0, 0.05) is 6.20 Å². The molecule has 0 atom stereocenters. The zero-order valence-corrected chi connectivity index (χ0v) is 7.38. The Morgan fingerprint density at radius 2 is 2.46 bits per heavy atom. The molecule has 0 radical (unpaired) electrons. The summed E-state index contributed by atoms with van der Waals surface area (Å²) in [6.45, 7) is 3.07. The largest absolute Gasteiger partial charge is 0.377 e. The first-order chi connectivity index (χ1) is 6.33. The van der Waals surface area contributed by atoms with Crippen LogP contribution in [0.15, 0.2) is 17.2 Å². The number of aromatic nitrogens is 3. The van der Waals surface area contributed by atoms with Gasteiger partial charge in [-0.2, -0.15) is 9.78 Å². The van der Waals surface area contributed by atoms with Crippen LogP contribution in [0.5, 0.6) is 0 Å². The molecule has 13 heavy (non-hydrogen) atoms. The van der Waals surface area contributed by atoms with Crippen LogP contribution in [0.25, 0.3) is 6.20 Å². The smallest absolute Gasteiger partial charge is 0.350 e. The fourth-order valence-electron chi connectivity index (χ4n) is 1.21. The lowest BCUT2D eigenvalue weighted by molar-refractivity contribution is -0.0249. The van der Waals surface area contributed by atoms with E-state index >= 15 is 0 Å². The molecule has 1 aliphatic rings. The van der Waals surface area contributed by atoms with Crippen molar-refractivity contribution >= 4 is 6.20 Å². The van der Waals surface area contributed by atoms with Crippen molar-refractivity contribution in [2.24, 2.45) is 0 Å². The van der Waals surface area contributed by atoms with Gasteiger partial charge in [-0.05, 0) is 6.92 Å². The second kappa shape index (κ2) is 3.18. The Labute approximate surface area is 75.2 Å². The number of ether oxygens (including phenoxy) is 1. The number of allylic oxidation sites excluding steroid dienone is 1. The maximum atomic E-state index is 11.5. The highest BCUT2D eigenvalue weighted by molar-refractivity contribution is 5.16. The Morgan fingerprint density at radius 1 is 1.69 bits per heavy atom. The molecule has 1 fully saturated rings. The van der Waals surface area contributed by atoms with Gasteiger partial charge in [0.25, 0.3) is 0 Å². The monoisotopic (exact) mass is 181 g/mol. The fraction of sp³-hybridized carbons (Fsp3) is 0.500. The Balaban J connectivity index is 2.32. The molecule has 1 aromatic rings. The molecular weight excluding hydrogens is 170 g/mol. The molecule has 0 saturated carbocycles. The van der Waals surface area contributed by atoms with Gasteiger partial charge in [-0.1, -0.05) is 6.08 Å². The third-order valence-corrected chi connectivity index (χ3v) is 2.02. The van der Waals surface area contributed by atoms with Gasteiger partial charge in [-0.25, -0.2) is 4.79 Å². The van der Waals surface area contributed by atoms with Crippen molar-refractivity contribution in [3.8, 4) is 0 Å². The molecule has 1 aromatic heterocycles. The quantitative estimate of drug-likeness (QED) is 0.650. The van der Waals surface area contributed by atoms with Gasteiger partial charge in [-0.15, -0.1) is 0 Å². The van der Waals surface area contributed by atoms with Gasteiger partial charge >= 0.3 is 5.69 Å². The van der Waals surface area contributed by atoms with Crippen LogP contribution >= 0.6 is 0 Å². The van der Waals surface area contributed by atoms with Gasteiger partial charge in [0.2, 0.25) is 0 Å². The van der Waals surface area contributed by atoms with Gasteiger partial charge in [0.05, 0.1) is 19.3 Å². The molecule has 0 aliphatic carbocycles. The number of hydrogen-bond donors (Lipinski definition) is 0. The van der Waals surface area contributed by atoms with Crippen LogP contribution in [0.3, 0.4) is 0 Å². The average molecular weight is 181 g/mol. The van der Waals surface area contributed by atoms with E-state index in [-0.39, 0.29) is 11.7 Å². The summed E-state index contributed by atoms with van der Waals surface area (Å²) in [5.41, 5.74) is -0.105. The predicted octanol–water partition coefficient (Wildman–Crippen LogP) is 0.107. The van der Waals surface area contributed by atoms with Gasteiger partial charge < -0.3 is 4.74 Å². The minimum Gasteiger partial charge on any atom is -0.377 e. The van der Waals surface area contributed by atoms with Crippen molar-refractivity contribution in [1.82, 2.24) is 14.3 Å². The molecule has 1 aliphatic heterocycles. The van der Waals surface area contributed by atoms with Crippen LogP contribution in [0.2, 0.25) is 0 Å². The first-order valence-corrected chi connectivity index (χ1v) is 4.19. The Hall–Kier alpha value is -1.36. The Kier molecular flexibility index (Phi) is 2.02. The van der Waals surface area contributed by atoms with Crippen LogP contribution in [0, 0.1) is 0 Å². The second-order valence-electron chi connectivity index (χ2n) is 2.94. The average Bonchev–Trinajstić information content (AvgIpc) is 2.34. The lowest BCUT2D eigenvalue weighted by Crippen LogP contribution is -2.37. The van der Waals surface area contributed by atoms with Gasteiger partial charge in [-0.3, -0.25) is 4.57 Å². The summed E-state index contributed by atoms with van der Waals surface area (Å²) in [5, 5.41) is 3.93. The minimum atomic E-state index is -0.105.